The molecule has 1 saturated heterocycles. The van der Waals surface area contributed by atoms with Gasteiger partial charge in [-0.1, -0.05) is 41.9 Å². The van der Waals surface area contributed by atoms with Crippen molar-refractivity contribution in [1.82, 2.24) is 4.90 Å². The zero-order valence-corrected chi connectivity index (χ0v) is 24.4. The first-order chi connectivity index (χ1) is 20.3. The second-order valence-electron chi connectivity index (χ2n) is 10.2. The van der Waals surface area contributed by atoms with E-state index in [4.69, 9.17) is 36.1 Å². The van der Waals surface area contributed by atoms with Gasteiger partial charge in [0.05, 0.1) is 18.5 Å². The first-order valence-electron chi connectivity index (χ1n) is 14.0. The van der Waals surface area contributed by atoms with Gasteiger partial charge in [-0.05, 0) is 73.7 Å². The Morgan fingerprint density at radius 1 is 0.810 bits per heavy atom. The molecule has 0 saturated carbocycles. The molecule has 0 aromatic heterocycles. The van der Waals surface area contributed by atoms with Crippen LogP contribution in [0.5, 0.6) is 5.75 Å². The van der Waals surface area contributed by atoms with Crippen LogP contribution >= 0.6 is 11.6 Å². The first kappa shape index (κ1) is 30.9. The van der Waals surface area contributed by atoms with Crippen LogP contribution in [0.1, 0.15) is 30.4 Å². The summed E-state index contributed by atoms with van der Waals surface area (Å²) in [5.41, 5.74) is 5.55. The summed E-state index contributed by atoms with van der Waals surface area (Å²) in [6.07, 6.45) is 4.27. The standard InChI is InChI=1S/C30H34ClN3O2.C2H2O4/c1-36-27-9-6-8-26(22-27)33-19-17-32(18-20-33)16-5-4-11-30(35)34-28-10-3-2-7-23(28)12-13-24-14-15-25(31)21-29(24)34;3-1(4)2(5)6/h2-3,6-10,14-15,21-22H,4-5,11-13,16-20H2,1H3;(H,3,4)(H,5,6). The van der Waals surface area contributed by atoms with E-state index in [2.05, 4.69) is 46.2 Å². The van der Waals surface area contributed by atoms with Crippen molar-refractivity contribution in [3.8, 4) is 5.75 Å². The smallest absolute Gasteiger partial charge is 0.414 e. The van der Waals surface area contributed by atoms with Crippen molar-refractivity contribution in [2.45, 2.75) is 32.1 Å². The third-order valence-corrected chi connectivity index (χ3v) is 7.76. The maximum Gasteiger partial charge on any atom is 0.414 e. The number of piperazine rings is 1. The molecule has 1 fully saturated rings. The molecule has 3 aromatic rings. The highest BCUT2D eigenvalue weighted by Gasteiger charge is 2.26. The van der Waals surface area contributed by atoms with Crippen molar-refractivity contribution in [2.75, 3.05) is 49.6 Å². The summed E-state index contributed by atoms with van der Waals surface area (Å²) >= 11 is 6.35. The fourth-order valence-electron chi connectivity index (χ4n) is 5.33. The van der Waals surface area contributed by atoms with Gasteiger partial charge in [0.25, 0.3) is 0 Å². The molecular weight excluding hydrogens is 558 g/mol. The molecule has 0 spiro atoms. The lowest BCUT2D eigenvalue weighted by Crippen LogP contribution is -2.46. The van der Waals surface area contributed by atoms with Crippen LogP contribution < -0.4 is 14.5 Å². The molecule has 3 aromatic carbocycles. The van der Waals surface area contributed by atoms with E-state index in [1.54, 1.807) is 7.11 Å². The Morgan fingerprint density at radius 2 is 1.50 bits per heavy atom. The third-order valence-electron chi connectivity index (χ3n) is 7.52. The number of para-hydroxylation sites is 1. The number of aliphatic carboxylic acids is 2. The number of methoxy groups -OCH3 is 1. The van der Waals surface area contributed by atoms with E-state index in [1.165, 1.54) is 16.8 Å². The Morgan fingerprint density at radius 3 is 2.19 bits per heavy atom. The fourth-order valence-corrected chi connectivity index (χ4v) is 5.49. The Bertz CT molecular complexity index is 1390. The van der Waals surface area contributed by atoms with Crippen LogP contribution in [0.15, 0.2) is 66.7 Å². The molecule has 222 valence electrons. The Kier molecular flexibility index (Phi) is 10.8. The molecule has 2 heterocycles. The molecule has 9 nitrogen and oxygen atoms in total. The van der Waals surface area contributed by atoms with Crippen LogP contribution in [-0.4, -0.2) is 72.8 Å². The normalized spacial score (nSPS) is 14.5. The number of hydrogen-bond acceptors (Lipinski definition) is 6. The van der Waals surface area contributed by atoms with Gasteiger partial charge in [0.1, 0.15) is 5.75 Å². The van der Waals surface area contributed by atoms with Crippen LogP contribution in [0.3, 0.4) is 0 Å². The minimum atomic E-state index is -1.82. The zero-order valence-electron chi connectivity index (χ0n) is 23.7. The van der Waals surface area contributed by atoms with Crippen molar-refractivity contribution in [3.63, 3.8) is 0 Å². The maximum atomic E-state index is 13.5. The van der Waals surface area contributed by atoms with Gasteiger partial charge < -0.3 is 19.8 Å². The van der Waals surface area contributed by atoms with Crippen LogP contribution in [0.25, 0.3) is 0 Å². The zero-order chi connectivity index (χ0) is 30.1. The van der Waals surface area contributed by atoms with Gasteiger partial charge in [-0.15, -0.1) is 0 Å². The van der Waals surface area contributed by atoms with E-state index < -0.39 is 11.9 Å². The summed E-state index contributed by atoms with van der Waals surface area (Å²) in [7, 11) is 1.71. The van der Waals surface area contributed by atoms with Gasteiger partial charge in [0.15, 0.2) is 0 Å². The topological polar surface area (TPSA) is 111 Å². The number of hydrogen-bond donors (Lipinski definition) is 2. The molecule has 0 aliphatic carbocycles. The number of amides is 1. The van der Waals surface area contributed by atoms with Gasteiger partial charge in [-0.3, -0.25) is 14.6 Å². The van der Waals surface area contributed by atoms with Gasteiger partial charge in [-0.2, -0.15) is 0 Å². The van der Waals surface area contributed by atoms with Crippen molar-refractivity contribution in [1.29, 1.82) is 0 Å². The maximum absolute atomic E-state index is 13.5. The highest BCUT2D eigenvalue weighted by Crippen LogP contribution is 2.38. The monoisotopic (exact) mass is 593 g/mol. The number of anilines is 3. The van der Waals surface area contributed by atoms with Gasteiger partial charge in [-0.25, -0.2) is 9.59 Å². The van der Waals surface area contributed by atoms with Crippen molar-refractivity contribution in [2.24, 2.45) is 0 Å². The number of rotatable bonds is 7. The lowest BCUT2D eigenvalue weighted by Gasteiger charge is -2.36. The molecular formula is C32H36ClN3O6. The van der Waals surface area contributed by atoms with E-state index >= 15 is 0 Å². The van der Waals surface area contributed by atoms with Crippen LogP contribution in [0.2, 0.25) is 5.02 Å². The summed E-state index contributed by atoms with van der Waals surface area (Å²) in [6.45, 7) is 5.12. The summed E-state index contributed by atoms with van der Waals surface area (Å²) in [6, 6.07) is 22.5. The minimum absolute atomic E-state index is 0.149. The predicted molar refractivity (Wildman–Crippen MR) is 163 cm³/mol. The summed E-state index contributed by atoms with van der Waals surface area (Å²) in [4.78, 5) is 38.6. The van der Waals surface area contributed by atoms with E-state index in [0.29, 0.717) is 11.4 Å². The van der Waals surface area contributed by atoms with Crippen LogP contribution in [0.4, 0.5) is 17.1 Å². The number of nitrogens with zero attached hydrogens (tertiary/aromatic N) is 3. The number of fused-ring (bicyclic) bond motifs is 2. The molecule has 5 rings (SSSR count). The number of halogens is 1. The largest absolute Gasteiger partial charge is 0.497 e. The van der Waals surface area contributed by atoms with Gasteiger partial charge in [0, 0.05) is 49.4 Å². The summed E-state index contributed by atoms with van der Waals surface area (Å²) in [5.74, 6) is -2.60. The molecule has 0 bridgehead atoms. The number of carboxylic acids is 2. The average Bonchev–Trinajstić information content (AvgIpc) is 3.16. The van der Waals surface area contributed by atoms with Gasteiger partial charge >= 0.3 is 11.9 Å². The SMILES string of the molecule is COc1cccc(N2CCN(CCCCC(=O)N3c4ccccc4CCc4ccc(Cl)cc43)CC2)c1.O=C(O)C(=O)O. The number of unbranched alkanes of at least 4 members (excludes halogenated alkanes) is 1. The quantitative estimate of drug-likeness (QED) is 0.282. The highest BCUT2D eigenvalue weighted by molar-refractivity contribution is 6.31. The Hall–Kier alpha value is -4.08. The van der Waals surface area contributed by atoms with Crippen LogP contribution in [0, 0.1) is 0 Å². The van der Waals surface area contributed by atoms with Gasteiger partial charge in [0.2, 0.25) is 5.91 Å². The molecule has 0 radical (unpaired) electrons. The second-order valence-corrected chi connectivity index (χ2v) is 10.7. The Balaban J connectivity index is 0.000000612. The molecule has 2 aliphatic rings. The predicted octanol–water partition coefficient (Wildman–Crippen LogP) is 5.26. The van der Waals surface area contributed by atoms with Crippen molar-refractivity contribution >= 4 is 46.5 Å². The summed E-state index contributed by atoms with van der Waals surface area (Å²) < 4.78 is 5.37. The highest BCUT2D eigenvalue weighted by atomic mass is 35.5. The molecule has 0 unspecified atom stereocenters. The van der Waals surface area contributed by atoms with Crippen LogP contribution in [-0.2, 0) is 27.2 Å². The third kappa shape index (κ3) is 8.02. The van der Waals surface area contributed by atoms with Crippen molar-refractivity contribution < 1.29 is 29.3 Å². The minimum Gasteiger partial charge on any atom is -0.497 e. The average molecular weight is 594 g/mol. The number of benzene rings is 3. The molecule has 1 amide bonds. The molecule has 2 N–H and O–H groups in total. The molecule has 0 atom stereocenters. The van der Waals surface area contributed by atoms with E-state index in [1.807, 2.05) is 35.2 Å². The van der Waals surface area contributed by atoms with E-state index in [-0.39, 0.29) is 5.91 Å². The number of carboxylic acid groups (broad SMARTS) is 2. The lowest BCUT2D eigenvalue weighted by molar-refractivity contribution is -0.159. The summed E-state index contributed by atoms with van der Waals surface area (Å²) in [5, 5.41) is 15.4. The lowest BCUT2D eigenvalue weighted by atomic mass is 10.0. The number of carbonyl (C=O) groups excluding carboxylic acids is 1. The second kappa shape index (κ2) is 14.7. The van der Waals surface area contributed by atoms with E-state index in [0.717, 1.165) is 75.5 Å². The number of aryl methyl sites for hydroxylation is 2. The molecule has 10 heteroatoms. The first-order valence-corrected chi connectivity index (χ1v) is 14.4. The van der Waals surface area contributed by atoms with Crippen molar-refractivity contribution in [3.05, 3.63) is 82.9 Å². The van der Waals surface area contributed by atoms with E-state index in [9.17, 15) is 4.79 Å². The fraction of sp³-hybridized carbons (Fsp3) is 0.344. The number of carbonyl (C=O) groups is 3. The molecule has 2 aliphatic heterocycles. The molecule has 42 heavy (non-hydrogen) atoms. The number of ether oxygens (including phenoxy) is 1. The Labute approximate surface area is 250 Å².